The first-order valence-corrected chi connectivity index (χ1v) is 6.34. The molecular weight excluding hydrogens is 167 g/mol. The highest BCUT2D eigenvalue weighted by Crippen LogP contribution is 2.64. The molecular formula is C13H25B. The molecule has 1 saturated heterocycles. The van der Waals surface area contributed by atoms with E-state index < -0.39 is 0 Å². The van der Waals surface area contributed by atoms with Gasteiger partial charge in [0, 0.05) is 0 Å². The van der Waals surface area contributed by atoms with Gasteiger partial charge in [0.2, 0.25) is 0 Å². The van der Waals surface area contributed by atoms with Crippen LogP contribution in [0, 0.1) is 16.7 Å². The molecule has 14 heavy (non-hydrogen) atoms. The van der Waals surface area contributed by atoms with Crippen molar-refractivity contribution in [3.63, 3.8) is 0 Å². The van der Waals surface area contributed by atoms with Gasteiger partial charge < -0.3 is 0 Å². The molecule has 1 heterocycles. The molecule has 0 amide bonds. The Labute approximate surface area is 89.9 Å². The van der Waals surface area contributed by atoms with E-state index >= 15 is 0 Å². The number of fused-ring (bicyclic) bond motifs is 1. The molecule has 1 aliphatic carbocycles. The normalized spacial score (nSPS) is 39.6. The lowest BCUT2D eigenvalue weighted by atomic mass is 9.32. The molecule has 1 heteroatoms. The van der Waals surface area contributed by atoms with Gasteiger partial charge in [-0.15, -0.1) is 0 Å². The highest BCUT2D eigenvalue weighted by molar-refractivity contribution is 6.59. The number of rotatable bonds is 0. The first kappa shape index (κ1) is 10.6. The minimum Gasteiger partial charge on any atom is -0.0858 e. The molecule has 0 spiro atoms. The largest absolute Gasteiger partial charge is 0.140 e. The van der Waals surface area contributed by atoms with Crippen LogP contribution < -0.4 is 0 Å². The number of hydrogen-bond donors (Lipinski definition) is 0. The van der Waals surface area contributed by atoms with Crippen molar-refractivity contribution in [2.45, 2.75) is 65.9 Å². The molecule has 2 fully saturated rings. The SMILES string of the molecule is CB1CCCC2C1C(C)(C)CC2(C)C. The Hall–Kier alpha value is 0.0649. The Morgan fingerprint density at radius 2 is 1.71 bits per heavy atom. The van der Waals surface area contributed by atoms with Crippen LogP contribution in [0.5, 0.6) is 0 Å². The maximum absolute atomic E-state index is 2.50. The summed E-state index contributed by atoms with van der Waals surface area (Å²) in [7, 11) is 0. The van der Waals surface area contributed by atoms with Crippen LogP contribution in [0.1, 0.15) is 47.0 Å². The van der Waals surface area contributed by atoms with E-state index in [2.05, 4.69) is 34.5 Å². The van der Waals surface area contributed by atoms with Gasteiger partial charge >= 0.3 is 0 Å². The third-order valence-electron chi connectivity index (χ3n) is 5.04. The fourth-order valence-corrected chi connectivity index (χ4v) is 5.03. The monoisotopic (exact) mass is 192 g/mol. The molecule has 2 atom stereocenters. The van der Waals surface area contributed by atoms with Crippen molar-refractivity contribution in [3.8, 4) is 0 Å². The first-order chi connectivity index (χ1) is 6.34. The quantitative estimate of drug-likeness (QED) is 0.500. The van der Waals surface area contributed by atoms with E-state index in [4.69, 9.17) is 0 Å². The lowest BCUT2D eigenvalue weighted by Crippen LogP contribution is -2.34. The van der Waals surface area contributed by atoms with E-state index in [1.54, 1.807) is 0 Å². The van der Waals surface area contributed by atoms with E-state index in [9.17, 15) is 0 Å². The van der Waals surface area contributed by atoms with E-state index in [0.29, 0.717) is 10.8 Å². The van der Waals surface area contributed by atoms with Gasteiger partial charge in [-0.2, -0.15) is 0 Å². The average molecular weight is 192 g/mol. The van der Waals surface area contributed by atoms with E-state index in [-0.39, 0.29) is 0 Å². The van der Waals surface area contributed by atoms with Gasteiger partial charge in [-0.25, -0.2) is 0 Å². The molecule has 2 unspecified atom stereocenters. The Bertz CT molecular complexity index is 229. The summed E-state index contributed by atoms with van der Waals surface area (Å²) in [6, 6.07) is 0. The van der Waals surface area contributed by atoms with Crippen molar-refractivity contribution in [1.29, 1.82) is 0 Å². The Morgan fingerprint density at radius 1 is 1.07 bits per heavy atom. The second-order valence-corrected chi connectivity index (χ2v) is 7.19. The van der Waals surface area contributed by atoms with Gasteiger partial charge in [-0.1, -0.05) is 59.5 Å². The van der Waals surface area contributed by atoms with Gasteiger partial charge in [0.25, 0.3) is 0 Å². The minimum absolute atomic E-state index is 0.591. The molecule has 0 radical (unpaired) electrons. The summed E-state index contributed by atoms with van der Waals surface area (Å²) >= 11 is 0. The number of hydrogen-bond acceptors (Lipinski definition) is 0. The molecule has 0 N–H and O–H groups in total. The van der Waals surface area contributed by atoms with E-state index in [1.807, 2.05) is 0 Å². The molecule has 1 saturated carbocycles. The molecule has 0 aromatic rings. The molecule has 0 aromatic heterocycles. The highest BCUT2D eigenvalue weighted by atomic mass is 14.5. The summed E-state index contributed by atoms with van der Waals surface area (Å²) in [6.07, 6.45) is 5.87. The van der Waals surface area contributed by atoms with Gasteiger partial charge in [-0.05, 0) is 23.2 Å². The van der Waals surface area contributed by atoms with Gasteiger partial charge in [0.15, 0.2) is 0 Å². The molecule has 1 aliphatic heterocycles. The topological polar surface area (TPSA) is 0 Å². The van der Waals surface area contributed by atoms with Crippen LogP contribution in [-0.2, 0) is 0 Å². The summed E-state index contributed by atoms with van der Waals surface area (Å²) in [5.41, 5.74) is 1.19. The molecule has 80 valence electrons. The predicted octanol–water partition coefficient (Wildman–Crippen LogP) is 4.35. The molecule has 2 aliphatic rings. The van der Waals surface area contributed by atoms with Crippen molar-refractivity contribution in [3.05, 3.63) is 0 Å². The van der Waals surface area contributed by atoms with Crippen molar-refractivity contribution in [1.82, 2.24) is 0 Å². The standard InChI is InChI=1S/C13H25B/c1-12(2)9-13(3,4)11-10(12)7-6-8-14(11)5/h10-11H,6-9H2,1-5H3. The third kappa shape index (κ3) is 1.44. The van der Waals surface area contributed by atoms with Crippen LogP contribution in [0.15, 0.2) is 0 Å². The van der Waals surface area contributed by atoms with Crippen LogP contribution in [0.25, 0.3) is 0 Å². The van der Waals surface area contributed by atoms with Crippen molar-refractivity contribution in [2.75, 3.05) is 0 Å². The summed E-state index contributed by atoms with van der Waals surface area (Å²) < 4.78 is 0. The van der Waals surface area contributed by atoms with Crippen molar-refractivity contribution < 1.29 is 0 Å². The molecule has 2 rings (SSSR count). The summed E-state index contributed by atoms with van der Waals surface area (Å²) in [5, 5.41) is 0. The summed E-state index contributed by atoms with van der Waals surface area (Å²) in [6.45, 7) is 13.4. The van der Waals surface area contributed by atoms with E-state index in [0.717, 1.165) is 18.4 Å². The Kier molecular flexibility index (Phi) is 2.29. The summed E-state index contributed by atoms with van der Waals surface area (Å²) in [5.74, 6) is 1.99. The smallest absolute Gasteiger partial charge is 0.0858 e. The average Bonchev–Trinajstić information content (AvgIpc) is 2.18. The van der Waals surface area contributed by atoms with Crippen molar-refractivity contribution >= 4 is 6.71 Å². The van der Waals surface area contributed by atoms with Crippen LogP contribution in [0.2, 0.25) is 19.0 Å². The fraction of sp³-hybridized carbons (Fsp3) is 1.00. The van der Waals surface area contributed by atoms with Crippen LogP contribution in [0.4, 0.5) is 0 Å². The molecule has 0 aromatic carbocycles. The van der Waals surface area contributed by atoms with Gasteiger partial charge in [-0.3, -0.25) is 0 Å². The highest BCUT2D eigenvalue weighted by Gasteiger charge is 2.55. The van der Waals surface area contributed by atoms with Crippen LogP contribution >= 0.6 is 0 Å². The zero-order chi connectivity index (χ0) is 10.6. The van der Waals surface area contributed by atoms with Crippen molar-refractivity contribution in [2.24, 2.45) is 16.7 Å². The third-order valence-corrected chi connectivity index (χ3v) is 5.04. The van der Waals surface area contributed by atoms with Crippen LogP contribution in [0.3, 0.4) is 0 Å². The summed E-state index contributed by atoms with van der Waals surface area (Å²) in [4.78, 5) is 0. The lowest BCUT2D eigenvalue weighted by Gasteiger charge is -2.39. The maximum Gasteiger partial charge on any atom is 0.140 e. The van der Waals surface area contributed by atoms with Gasteiger partial charge in [0.05, 0.1) is 0 Å². The molecule has 0 nitrogen and oxygen atoms in total. The predicted molar refractivity (Wildman–Crippen MR) is 65.1 cm³/mol. The zero-order valence-electron chi connectivity index (χ0n) is 10.6. The van der Waals surface area contributed by atoms with Crippen LogP contribution in [-0.4, -0.2) is 6.71 Å². The zero-order valence-corrected chi connectivity index (χ0v) is 10.6. The molecule has 0 bridgehead atoms. The lowest BCUT2D eigenvalue weighted by molar-refractivity contribution is 0.235. The minimum atomic E-state index is 0.591. The maximum atomic E-state index is 2.50. The second kappa shape index (κ2) is 3.03. The Morgan fingerprint density at radius 3 is 2.29 bits per heavy atom. The van der Waals surface area contributed by atoms with E-state index in [1.165, 1.54) is 25.6 Å². The Balaban J connectivity index is 2.31. The first-order valence-electron chi connectivity index (χ1n) is 6.34. The second-order valence-electron chi connectivity index (χ2n) is 7.19. The fourth-order valence-electron chi connectivity index (χ4n) is 5.03. The van der Waals surface area contributed by atoms with Gasteiger partial charge in [0.1, 0.15) is 6.71 Å².